The number of rotatable bonds is 7. The van der Waals surface area contributed by atoms with E-state index in [1.807, 2.05) is 31.2 Å². The van der Waals surface area contributed by atoms with Crippen LogP contribution in [0.15, 0.2) is 42.5 Å². The van der Waals surface area contributed by atoms with Gasteiger partial charge < -0.3 is 14.8 Å². The molecule has 2 rings (SSSR count). The van der Waals surface area contributed by atoms with E-state index in [-0.39, 0.29) is 11.0 Å². The summed E-state index contributed by atoms with van der Waals surface area (Å²) >= 11 is 5.33. The van der Waals surface area contributed by atoms with Crippen LogP contribution in [0, 0.1) is 6.92 Å². The van der Waals surface area contributed by atoms with Crippen molar-refractivity contribution >= 4 is 28.9 Å². The monoisotopic (exact) mass is 372 g/mol. The van der Waals surface area contributed by atoms with Gasteiger partial charge in [-0.05, 0) is 48.8 Å². The Hall–Kier alpha value is -2.44. The highest BCUT2D eigenvalue weighted by Crippen LogP contribution is 2.21. The van der Waals surface area contributed by atoms with E-state index in [9.17, 15) is 4.79 Å². The summed E-state index contributed by atoms with van der Waals surface area (Å²) in [6, 6.07) is 13.1. The first kappa shape index (κ1) is 19.9. The van der Waals surface area contributed by atoms with E-state index < -0.39 is 0 Å². The van der Waals surface area contributed by atoms with Gasteiger partial charge in [-0.1, -0.05) is 37.3 Å². The Labute approximate surface area is 159 Å². The summed E-state index contributed by atoms with van der Waals surface area (Å²) in [5.74, 6) is 0.178. The number of nitrogens with one attached hydrogen (secondary N) is 2. The average Bonchev–Trinajstić information content (AvgIpc) is 2.64. The second kappa shape index (κ2) is 9.89. The largest absolute Gasteiger partial charge is 0.490 e. The summed E-state index contributed by atoms with van der Waals surface area (Å²) in [6.45, 7) is 4.90. The summed E-state index contributed by atoms with van der Waals surface area (Å²) in [7, 11) is 1.60. The number of anilines is 1. The van der Waals surface area contributed by atoms with Crippen molar-refractivity contribution in [3.63, 3.8) is 0 Å². The molecule has 2 aromatic carbocycles. The van der Waals surface area contributed by atoms with Gasteiger partial charge in [0.25, 0.3) is 5.91 Å². The summed E-state index contributed by atoms with van der Waals surface area (Å²) in [5.41, 5.74) is 3.58. The number of carbonyl (C=O) groups excluding carboxylic acids is 1. The van der Waals surface area contributed by atoms with Gasteiger partial charge in [0.15, 0.2) is 5.11 Å². The van der Waals surface area contributed by atoms with Crippen molar-refractivity contribution in [2.45, 2.75) is 20.3 Å². The molecule has 138 valence electrons. The molecule has 0 atom stereocenters. The van der Waals surface area contributed by atoms with Gasteiger partial charge in [-0.25, -0.2) is 0 Å². The van der Waals surface area contributed by atoms with Crippen LogP contribution in [-0.2, 0) is 11.2 Å². The minimum absolute atomic E-state index is 0.255. The normalized spacial score (nSPS) is 10.3. The standard InChI is InChI=1S/C20H24N2O3S/c1-4-15-9-7-8-14(2)18(15)21-20(26)22-19(23)16-10-5-6-11-17(16)25-13-12-24-3/h5-11H,4,12-13H2,1-3H3,(H2,21,22,23,26). The molecule has 0 aliphatic heterocycles. The number of aryl methyl sites for hydroxylation is 2. The maximum atomic E-state index is 12.6. The predicted molar refractivity (Wildman–Crippen MR) is 108 cm³/mol. The first-order chi connectivity index (χ1) is 12.6. The molecule has 0 aliphatic carbocycles. The fourth-order valence-corrected chi connectivity index (χ4v) is 2.73. The minimum Gasteiger partial charge on any atom is -0.490 e. The molecular formula is C20H24N2O3S. The Morgan fingerprint density at radius 2 is 1.88 bits per heavy atom. The molecule has 0 aromatic heterocycles. The molecular weight excluding hydrogens is 348 g/mol. The number of benzene rings is 2. The third-order valence-corrected chi connectivity index (χ3v) is 4.09. The first-order valence-electron chi connectivity index (χ1n) is 8.48. The maximum Gasteiger partial charge on any atom is 0.261 e. The second-order valence-electron chi connectivity index (χ2n) is 5.71. The molecule has 26 heavy (non-hydrogen) atoms. The van der Waals surface area contributed by atoms with Gasteiger partial charge in [0.2, 0.25) is 0 Å². The second-order valence-corrected chi connectivity index (χ2v) is 6.12. The van der Waals surface area contributed by atoms with Crippen LogP contribution in [0.2, 0.25) is 0 Å². The molecule has 0 saturated carbocycles. The Bertz CT molecular complexity index is 777. The van der Waals surface area contributed by atoms with Crippen molar-refractivity contribution in [2.75, 3.05) is 25.6 Å². The zero-order valence-electron chi connectivity index (χ0n) is 15.3. The van der Waals surface area contributed by atoms with E-state index in [0.29, 0.717) is 24.5 Å². The van der Waals surface area contributed by atoms with Crippen LogP contribution >= 0.6 is 12.2 Å². The van der Waals surface area contributed by atoms with Crippen LogP contribution in [-0.4, -0.2) is 31.3 Å². The Balaban J connectivity index is 2.07. The molecule has 0 radical (unpaired) electrons. The summed E-state index contributed by atoms with van der Waals surface area (Å²) in [5, 5.41) is 6.12. The topological polar surface area (TPSA) is 59.6 Å². The summed E-state index contributed by atoms with van der Waals surface area (Å²) in [4.78, 5) is 12.6. The molecule has 6 heteroatoms. The van der Waals surface area contributed by atoms with Gasteiger partial charge in [0.05, 0.1) is 12.2 Å². The number of methoxy groups -OCH3 is 1. The quantitative estimate of drug-likeness (QED) is 0.573. The summed E-state index contributed by atoms with van der Waals surface area (Å²) in [6.07, 6.45) is 0.872. The molecule has 0 aliphatic rings. The maximum absolute atomic E-state index is 12.6. The molecule has 0 heterocycles. The van der Waals surface area contributed by atoms with E-state index in [4.69, 9.17) is 21.7 Å². The van der Waals surface area contributed by atoms with Crippen LogP contribution in [0.4, 0.5) is 5.69 Å². The summed E-state index contributed by atoms with van der Waals surface area (Å²) < 4.78 is 10.6. The van der Waals surface area contributed by atoms with Crippen molar-refractivity contribution in [1.82, 2.24) is 5.32 Å². The third-order valence-electron chi connectivity index (χ3n) is 3.88. The van der Waals surface area contributed by atoms with Crippen LogP contribution < -0.4 is 15.4 Å². The van der Waals surface area contributed by atoms with Gasteiger partial charge in [0.1, 0.15) is 12.4 Å². The van der Waals surface area contributed by atoms with Gasteiger partial charge in [-0.3, -0.25) is 10.1 Å². The van der Waals surface area contributed by atoms with E-state index >= 15 is 0 Å². The van der Waals surface area contributed by atoms with Crippen LogP contribution in [0.25, 0.3) is 0 Å². The van der Waals surface area contributed by atoms with Gasteiger partial charge >= 0.3 is 0 Å². The lowest BCUT2D eigenvalue weighted by Gasteiger charge is -2.16. The molecule has 2 N–H and O–H groups in total. The van der Waals surface area contributed by atoms with E-state index in [1.165, 1.54) is 0 Å². The van der Waals surface area contributed by atoms with Crippen molar-refractivity contribution in [3.05, 3.63) is 59.2 Å². The average molecular weight is 372 g/mol. The van der Waals surface area contributed by atoms with Crippen LogP contribution in [0.3, 0.4) is 0 Å². The molecule has 0 unspecified atom stereocenters. The predicted octanol–water partition coefficient (Wildman–Crippen LogP) is 3.71. The number of ether oxygens (including phenoxy) is 2. The molecule has 0 spiro atoms. The van der Waals surface area contributed by atoms with Crippen LogP contribution in [0.5, 0.6) is 5.75 Å². The van der Waals surface area contributed by atoms with Crippen molar-refractivity contribution in [3.8, 4) is 5.75 Å². The van der Waals surface area contributed by atoms with Gasteiger partial charge in [-0.2, -0.15) is 0 Å². The first-order valence-corrected chi connectivity index (χ1v) is 8.89. The number of hydrogen-bond donors (Lipinski definition) is 2. The number of amides is 1. The minimum atomic E-state index is -0.317. The Kier molecular flexibility index (Phi) is 7.56. The number of hydrogen-bond acceptors (Lipinski definition) is 4. The Morgan fingerprint density at radius 1 is 1.12 bits per heavy atom. The molecule has 2 aromatic rings. The number of thiocarbonyl (C=S) groups is 1. The molecule has 1 amide bonds. The van der Waals surface area contributed by atoms with E-state index in [2.05, 4.69) is 17.6 Å². The highest BCUT2D eigenvalue weighted by atomic mass is 32.1. The lowest BCUT2D eigenvalue weighted by molar-refractivity contribution is 0.0970. The Morgan fingerprint density at radius 3 is 2.62 bits per heavy atom. The van der Waals surface area contributed by atoms with E-state index in [1.54, 1.807) is 25.3 Å². The lowest BCUT2D eigenvalue weighted by Crippen LogP contribution is -2.34. The highest BCUT2D eigenvalue weighted by molar-refractivity contribution is 7.80. The fourth-order valence-electron chi connectivity index (χ4n) is 2.53. The number of carbonyl (C=O) groups is 1. The fraction of sp³-hybridized carbons (Fsp3) is 0.300. The lowest BCUT2D eigenvalue weighted by atomic mass is 10.1. The zero-order valence-corrected chi connectivity index (χ0v) is 16.1. The number of para-hydroxylation sites is 2. The molecule has 0 fully saturated rings. The van der Waals surface area contributed by atoms with Crippen LogP contribution in [0.1, 0.15) is 28.4 Å². The SMILES string of the molecule is CCc1cccc(C)c1NC(=S)NC(=O)c1ccccc1OCCOC. The van der Waals surface area contributed by atoms with Crippen molar-refractivity contribution in [1.29, 1.82) is 0 Å². The van der Waals surface area contributed by atoms with Gasteiger partial charge in [0, 0.05) is 12.8 Å². The van der Waals surface area contributed by atoms with Crippen molar-refractivity contribution < 1.29 is 14.3 Å². The zero-order chi connectivity index (χ0) is 18.9. The van der Waals surface area contributed by atoms with Crippen molar-refractivity contribution in [2.24, 2.45) is 0 Å². The molecule has 5 nitrogen and oxygen atoms in total. The molecule has 0 saturated heterocycles. The smallest absolute Gasteiger partial charge is 0.261 e. The highest BCUT2D eigenvalue weighted by Gasteiger charge is 2.14. The van der Waals surface area contributed by atoms with E-state index in [0.717, 1.165) is 23.2 Å². The van der Waals surface area contributed by atoms with Gasteiger partial charge in [-0.15, -0.1) is 0 Å². The molecule has 0 bridgehead atoms. The third kappa shape index (κ3) is 5.28.